The highest BCUT2D eigenvalue weighted by atomic mass is 19.1. The first-order valence-electron chi connectivity index (χ1n) is 18.1. The number of imide groups is 1. The predicted molar refractivity (Wildman–Crippen MR) is 192 cm³/mol. The number of carbonyl (C=O) groups is 3. The van der Waals surface area contributed by atoms with Crippen molar-refractivity contribution in [3.05, 3.63) is 107 Å². The Morgan fingerprint density at radius 1 is 0.811 bits per heavy atom. The average Bonchev–Trinajstić information content (AvgIpc) is 3.89. The molecule has 2 unspecified atom stereocenters. The molecule has 53 heavy (non-hydrogen) atoms. The van der Waals surface area contributed by atoms with E-state index in [1.165, 1.54) is 12.1 Å². The lowest BCUT2D eigenvalue weighted by molar-refractivity contribution is -0.136. The number of nitrogens with one attached hydrogen (secondary N) is 1. The SMILES string of the molecule is O=C1CCC(N2Cc3cc(CN4CCN(c5cccc(-c6cnn7ccc(N8CCCC8c8ccc(F)cc8F)nc67)n5)CC4)ccc3C2=O)C(=O)N1. The van der Waals surface area contributed by atoms with Crippen molar-refractivity contribution in [2.75, 3.05) is 42.5 Å². The first-order chi connectivity index (χ1) is 25.8. The molecule has 2 atom stereocenters. The van der Waals surface area contributed by atoms with Crippen LogP contribution in [0.2, 0.25) is 0 Å². The maximum atomic E-state index is 14.8. The highest BCUT2D eigenvalue weighted by Gasteiger charge is 2.39. The van der Waals surface area contributed by atoms with Crippen molar-refractivity contribution >= 4 is 35.0 Å². The Bertz CT molecular complexity index is 2270. The Kier molecular flexibility index (Phi) is 8.33. The summed E-state index contributed by atoms with van der Waals surface area (Å²) in [4.78, 5) is 55.5. The van der Waals surface area contributed by atoms with Crippen LogP contribution >= 0.6 is 0 Å². The van der Waals surface area contributed by atoms with Gasteiger partial charge < -0.3 is 14.7 Å². The molecule has 0 spiro atoms. The quantitative estimate of drug-likeness (QED) is 0.243. The Labute approximate surface area is 304 Å². The second-order valence-corrected chi connectivity index (χ2v) is 14.2. The van der Waals surface area contributed by atoms with Crippen molar-refractivity contribution in [3.63, 3.8) is 0 Å². The normalized spacial score (nSPS) is 20.8. The van der Waals surface area contributed by atoms with E-state index in [-0.39, 0.29) is 24.3 Å². The third-order valence-electron chi connectivity index (χ3n) is 10.9. The van der Waals surface area contributed by atoms with Crippen molar-refractivity contribution in [1.82, 2.24) is 34.7 Å². The number of pyridine rings is 1. The molecule has 12 nitrogen and oxygen atoms in total. The molecule has 3 aromatic heterocycles. The lowest BCUT2D eigenvalue weighted by Gasteiger charge is -2.35. The Morgan fingerprint density at radius 3 is 2.51 bits per heavy atom. The molecule has 2 aromatic carbocycles. The van der Waals surface area contributed by atoms with E-state index in [9.17, 15) is 23.2 Å². The van der Waals surface area contributed by atoms with Crippen molar-refractivity contribution < 1.29 is 23.2 Å². The zero-order valence-electron chi connectivity index (χ0n) is 28.9. The van der Waals surface area contributed by atoms with Crippen molar-refractivity contribution in [3.8, 4) is 11.3 Å². The van der Waals surface area contributed by atoms with E-state index in [1.54, 1.807) is 15.6 Å². The van der Waals surface area contributed by atoms with E-state index < -0.39 is 23.6 Å². The number of hydrogen-bond acceptors (Lipinski definition) is 9. The van der Waals surface area contributed by atoms with Crippen LogP contribution in [-0.4, -0.2) is 85.9 Å². The summed E-state index contributed by atoms with van der Waals surface area (Å²) in [6.07, 6.45) is 5.82. The third kappa shape index (κ3) is 6.16. The molecule has 14 heteroatoms. The van der Waals surface area contributed by atoms with Crippen LogP contribution in [0.3, 0.4) is 0 Å². The lowest BCUT2D eigenvalue weighted by atomic mass is 10.0. The van der Waals surface area contributed by atoms with Crippen LogP contribution in [0.25, 0.3) is 16.9 Å². The van der Waals surface area contributed by atoms with E-state index in [1.807, 2.05) is 42.6 Å². The molecule has 9 rings (SSSR count). The lowest BCUT2D eigenvalue weighted by Crippen LogP contribution is -2.52. The summed E-state index contributed by atoms with van der Waals surface area (Å²) in [5.74, 6) is -0.420. The number of hydrogen-bond donors (Lipinski definition) is 1. The zero-order valence-corrected chi connectivity index (χ0v) is 28.9. The summed E-state index contributed by atoms with van der Waals surface area (Å²) < 4.78 is 30.2. The zero-order chi connectivity index (χ0) is 36.2. The monoisotopic (exact) mass is 717 g/mol. The van der Waals surface area contributed by atoms with Crippen molar-refractivity contribution in [2.24, 2.45) is 0 Å². The summed E-state index contributed by atoms with van der Waals surface area (Å²) in [5, 5.41) is 6.90. The summed E-state index contributed by atoms with van der Waals surface area (Å²) in [7, 11) is 0. The number of aromatic nitrogens is 4. The average molecular weight is 718 g/mol. The molecule has 5 aromatic rings. The molecular weight excluding hydrogens is 680 g/mol. The fraction of sp³-hybridized carbons (Fsp3) is 0.333. The number of piperazine rings is 1. The van der Waals surface area contributed by atoms with Gasteiger partial charge in [0.2, 0.25) is 11.8 Å². The second-order valence-electron chi connectivity index (χ2n) is 14.2. The maximum Gasteiger partial charge on any atom is 0.255 e. The van der Waals surface area contributed by atoms with E-state index >= 15 is 0 Å². The van der Waals surface area contributed by atoms with Gasteiger partial charge in [-0.15, -0.1) is 0 Å². The van der Waals surface area contributed by atoms with Gasteiger partial charge in [0.05, 0.1) is 23.5 Å². The van der Waals surface area contributed by atoms with E-state index in [0.29, 0.717) is 42.1 Å². The van der Waals surface area contributed by atoms with E-state index in [2.05, 4.69) is 31.2 Å². The summed E-state index contributed by atoms with van der Waals surface area (Å²) in [5.41, 5.74) is 5.31. The van der Waals surface area contributed by atoms with Crippen LogP contribution in [0.5, 0.6) is 0 Å². The summed E-state index contributed by atoms with van der Waals surface area (Å²) >= 11 is 0. The molecule has 3 fully saturated rings. The number of amides is 3. The third-order valence-corrected chi connectivity index (χ3v) is 10.9. The molecule has 0 saturated carbocycles. The molecule has 270 valence electrons. The Morgan fingerprint density at radius 2 is 1.68 bits per heavy atom. The summed E-state index contributed by atoms with van der Waals surface area (Å²) in [6.45, 7) is 5.05. The fourth-order valence-corrected chi connectivity index (χ4v) is 8.20. The number of nitrogens with zero attached hydrogens (tertiary/aromatic N) is 8. The first-order valence-corrected chi connectivity index (χ1v) is 18.1. The van der Waals surface area contributed by atoms with E-state index in [0.717, 1.165) is 79.8 Å². The van der Waals surface area contributed by atoms with E-state index in [4.69, 9.17) is 9.97 Å². The van der Waals surface area contributed by atoms with Crippen LogP contribution in [0.4, 0.5) is 20.4 Å². The number of halogens is 2. The van der Waals surface area contributed by atoms with Gasteiger partial charge in [0, 0.05) is 75.6 Å². The van der Waals surface area contributed by atoms with Gasteiger partial charge in [-0.1, -0.05) is 24.3 Å². The molecule has 7 heterocycles. The maximum absolute atomic E-state index is 14.8. The minimum atomic E-state index is -0.623. The van der Waals surface area contributed by atoms with Crippen LogP contribution < -0.4 is 15.1 Å². The summed E-state index contributed by atoms with van der Waals surface area (Å²) in [6, 6.07) is 16.7. The van der Waals surface area contributed by atoms with Gasteiger partial charge in [-0.3, -0.25) is 24.6 Å². The number of benzene rings is 2. The van der Waals surface area contributed by atoms with Crippen LogP contribution in [0, 0.1) is 11.6 Å². The van der Waals surface area contributed by atoms with Crippen LogP contribution in [-0.2, 0) is 22.7 Å². The minimum absolute atomic E-state index is 0.163. The molecular formula is C39H37F2N9O3. The second kappa shape index (κ2) is 13.3. The molecule has 4 aliphatic heterocycles. The van der Waals surface area contributed by atoms with Gasteiger partial charge in [0.1, 0.15) is 29.3 Å². The van der Waals surface area contributed by atoms with Gasteiger partial charge in [-0.25, -0.2) is 23.3 Å². The topological polar surface area (TPSA) is 119 Å². The largest absolute Gasteiger partial charge is 0.354 e. The number of piperidine rings is 1. The number of fused-ring (bicyclic) bond motifs is 2. The van der Waals surface area contributed by atoms with Gasteiger partial charge in [-0.05, 0) is 60.7 Å². The Hall–Kier alpha value is -5.76. The van der Waals surface area contributed by atoms with Crippen LogP contribution in [0.1, 0.15) is 58.8 Å². The molecule has 1 N–H and O–H groups in total. The molecule has 0 bridgehead atoms. The van der Waals surface area contributed by atoms with Gasteiger partial charge in [-0.2, -0.15) is 5.10 Å². The van der Waals surface area contributed by atoms with Crippen molar-refractivity contribution in [2.45, 2.75) is 50.9 Å². The predicted octanol–water partition coefficient (Wildman–Crippen LogP) is 4.49. The Balaban J connectivity index is 0.866. The van der Waals surface area contributed by atoms with Gasteiger partial charge in [0.25, 0.3) is 5.91 Å². The van der Waals surface area contributed by atoms with Gasteiger partial charge in [0.15, 0.2) is 5.65 Å². The highest BCUT2D eigenvalue weighted by molar-refractivity contribution is 6.05. The fourth-order valence-electron chi connectivity index (χ4n) is 8.20. The molecule has 0 aliphatic carbocycles. The standard InChI is InChI=1S/C39H37F2N9O3/c40-26-7-9-28(30(41)20-26)32-4-2-13-48(32)35-12-14-50-37(44-35)29(21-42-50)31-3-1-5-34(43-31)47-17-15-46(16-18-47)22-24-6-8-27-25(19-24)23-49(39(27)53)33-10-11-36(51)45-38(33)52/h1,3,5-9,12,14,19-21,32-33H,2,4,10-11,13,15-18,22-23H2,(H,45,51,52). The number of anilines is 2. The molecule has 3 amide bonds. The highest BCUT2D eigenvalue weighted by Crippen LogP contribution is 2.37. The number of carbonyl (C=O) groups excluding carboxylic acids is 3. The van der Waals surface area contributed by atoms with Crippen LogP contribution in [0.15, 0.2) is 73.1 Å². The van der Waals surface area contributed by atoms with Crippen molar-refractivity contribution in [1.29, 1.82) is 0 Å². The molecule has 0 radical (unpaired) electrons. The first kappa shape index (κ1) is 33.1. The molecule has 4 aliphatic rings. The van der Waals surface area contributed by atoms with Gasteiger partial charge >= 0.3 is 0 Å². The smallest absolute Gasteiger partial charge is 0.255 e. The number of rotatable bonds is 7. The minimum Gasteiger partial charge on any atom is -0.354 e. The molecule has 3 saturated heterocycles.